The van der Waals surface area contributed by atoms with E-state index in [1.165, 1.54) is 0 Å². The lowest BCUT2D eigenvalue weighted by Crippen LogP contribution is -2.34. The summed E-state index contributed by atoms with van der Waals surface area (Å²) in [6.07, 6.45) is 1.63. The number of halogens is 2. The Hall–Kier alpha value is -2.43. The molecule has 1 fully saturated rings. The number of thiazole rings is 1. The van der Waals surface area contributed by atoms with E-state index in [4.69, 9.17) is 0 Å². The Morgan fingerprint density at radius 2 is 2.00 bits per heavy atom. The third-order valence-electron chi connectivity index (χ3n) is 5.00. The summed E-state index contributed by atoms with van der Waals surface area (Å²) in [5, 5.41) is 0.879. The average molecular weight is 452 g/mol. The van der Waals surface area contributed by atoms with Crippen LogP contribution in [0.3, 0.4) is 0 Å². The zero-order valence-corrected chi connectivity index (χ0v) is 17.5. The molecule has 2 aromatic carbocycles. The SMILES string of the molecule is O=C(CCNS(=O)(=O)c1ccc(F)c(F)c1)N1CCC[C@@H]1c1nc2ccccc2s1. The Bertz CT molecular complexity index is 1160. The second-order valence-electron chi connectivity index (χ2n) is 6.99. The molecule has 2 heterocycles. The number of aromatic nitrogens is 1. The van der Waals surface area contributed by atoms with Crippen LogP contribution in [0.1, 0.15) is 30.3 Å². The van der Waals surface area contributed by atoms with Crippen molar-refractivity contribution in [2.75, 3.05) is 13.1 Å². The van der Waals surface area contributed by atoms with Crippen LogP contribution in [-0.2, 0) is 14.8 Å². The number of rotatable bonds is 6. The van der Waals surface area contributed by atoms with Crippen molar-refractivity contribution in [2.45, 2.75) is 30.2 Å². The second-order valence-corrected chi connectivity index (χ2v) is 9.82. The van der Waals surface area contributed by atoms with Crippen LogP contribution in [0, 0.1) is 11.6 Å². The molecule has 1 N–H and O–H groups in total. The van der Waals surface area contributed by atoms with Gasteiger partial charge in [-0.05, 0) is 43.2 Å². The van der Waals surface area contributed by atoms with Crippen LogP contribution in [0.25, 0.3) is 10.2 Å². The summed E-state index contributed by atoms with van der Waals surface area (Å²) in [5.74, 6) is -2.55. The molecule has 1 aliphatic rings. The molecule has 158 valence electrons. The predicted octanol–water partition coefficient (Wildman–Crippen LogP) is 3.61. The number of fused-ring (bicyclic) bond motifs is 1. The first kappa shape index (κ1) is 20.8. The Kier molecular flexibility index (Phi) is 5.81. The molecule has 4 rings (SSSR count). The zero-order chi connectivity index (χ0) is 21.3. The van der Waals surface area contributed by atoms with Crippen molar-refractivity contribution in [3.8, 4) is 0 Å². The summed E-state index contributed by atoms with van der Waals surface area (Å²) in [5.41, 5.74) is 0.899. The Labute approximate surface area is 176 Å². The normalized spacial score (nSPS) is 17.0. The fourth-order valence-electron chi connectivity index (χ4n) is 3.52. The third-order valence-corrected chi connectivity index (χ3v) is 7.60. The van der Waals surface area contributed by atoms with Crippen LogP contribution in [0.15, 0.2) is 47.4 Å². The highest BCUT2D eigenvalue weighted by atomic mass is 32.2. The summed E-state index contributed by atoms with van der Waals surface area (Å²) in [6.45, 7) is 0.457. The van der Waals surface area contributed by atoms with Crippen molar-refractivity contribution in [3.63, 3.8) is 0 Å². The van der Waals surface area contributed by atoms with Crippen molar-refractivity contribution in [1.29, 1.82) is 0 Å². The molecule has 0 spiro atoms. The number of carbonyl (C=O) groups excluding carboxylic acids is 1. The number of sulfonamides is 1. The van der Waals surface area contributed by atoms with Crippen LogP contribution in [0.5, 0.6) is 0 Å². The van der Waals surface area contributed by atoms with Gasteiger partial charge in [0.2, 0.25) is 15.9 Å². The van der Waals surface area contributed by atoms with Gasteiger partial charge in [0.1, 0.15) is 5.01 Å². The Morgan fingerprint density at radius 1 is 1.20 bits per heavy atom. The van der Waals surface area contributed by atoms with Gasteiger partial charge in [0.25, 0.3) is 0 Å². The van der Waals surface area contributed by atoms with Gasteiger partial charge in [0.05, 0.1) is 21.2 Å². The zero-order valence-electron chi connectivity index (χ0n) is 15.8. The topological polar surface area (TPSA) is 79.4 Å². The van der Waals surface area contributed by atoms with E-state index < -0.39 is 21.7 Å². The molecule has 1 aliphatic heterocycles. The maximum Gasteiger partial charge on any atom is 0.240 e. The largest absolute Gasteiger partial charge is 0.333 e. The minimum atomic E-state index is -4.04. The summed E-state index contributed by atoms with van der Waals surface area (Å²) >= 11 is 1.56. The summed E-state index contributed by atoms with van der Waals surface area (Å²) in [7, 11) is -4.04. The smallest absolute Gasteiger partial charge is 0.240 e. The first-order chi connectivity index (χ1) is 14.3. The number of para-hydroxylation sites is 1. The highest BCUT2D eigenvalue weighted by Gasteiger charge is 2.32. The maximum absolute atomic E-state index is 13.3. The van der Waals surface area contributed by atoms with E-state index in [9.17, 15) is 22.0 Å². The highest BCUT2D eigenvalue weighted by Crippen LogP contribution is 2.36. The van der Waals surface area contributed by atoms with Crippen molar-refractivity contribution in [3.05, 3.63) is 59.1 Å². The molecular weight excluding hydrogens is 432 g/mol. The molecule has 0 saturated carbocycles. The van der Waals surface area contributed by atoms with E-state index in [0.29, 0.717) is 12.6 Å². The molecule has 1 saturated heterocycles. The van der Waals surface area contributed by atoms with E-state index in [0.717, 1.165) is 40.2 Å². The molecule has 6 nitrogen and oxygen atoms in total. The van der Waals surface area contributed by atoms with Crippen molar-refractivity contribution >= 4 is 37.5 Å². The molecule has 1 aromatic heterocycles. The second kappa shape index (κ2) is 8.37. The van der Waals surface area contributed by atoms with E-state index >= 15 is 0 Å². The van der Waals surface area contributed by atoms with E-state index in [-0.39, 0.29) is 29.8 Å². The Balaban J connectivity index is 1.40. The number of hydrogen-bond donors (Lipinski definition) is 1. The molecule has 30 heavy (non-hydrogen) atoms. The molecule has 0 unspecified atom stereocenters. The van der Waals surface area contributed by atoms with Gasteiger partial charge in [-0.3, -0.25) is 4.79 Å². The fraction of sp³-hybridized carbons (Fsp3) is 0.300. The van der Waals surface area contributed by atoms with Gasteiger partial charge in [-0.2, -0.15) is 0 Å². The molecule has 0 radical (unpaired) electrons. The molecular formula is C20H19F2N3O3S2. The maximum atomic E-state index is 13.3. The first-order valence-electron chi connectivity index (χ1n) is 9.45. The van der Waals surface area contributed by atoms with Gasteiger partial charge in [-0.15, -0.1) is 11.3 Å². The Morgan fingerprint density at radius 3 is 2.77 bits per heavy atom. The molecule has 1 atom stereocenters. The molecule has 3 aromatic rings. The molecule has 10 heteroatoms. The van der Waals surface area contributed by atoms with Gasteiger partial charge in [-0.1, -0.05) is 12.1 Å². The lowest BCUT2D eigenvalue weighted by Gasteiger charge is -2.23. The van der Waals surface area contributed by atoms with Gasteiger partial charge in [0, 0.05) is 19.5 Å². The van der Waals surface area contributed by atoms with Gasteiger partial charge in [-0.25, -0.2) is 26.9 Å². The van der Waals surface area contributed by atoms with Gasteiger partial charge < -0.3 is 4.90 Å². The minimum absolute atomic E-state index is 0.0374. The number of likely N-dealkylation sites (tertiary alicyclic amines) is 1. The number of nitrogens with one attached hydrogen (secondary N) is 1. The van der Waals surface area contributed by atoms with Gasteiger partial charge >= 0.3 is 0 Å². The number of hydrogen-bond acceptors (Lipinski definition) is 5. The summed E-state index contributed by atoms with van der Waals surface area (Å²) in [4.78, 5) is 18.7. The van der Waals surface area contributed by atoms with Gasteiger partial charge in [0.15, 0.2) is 11.6 Å². The van der Waals surface area contributed by atoms with Crippen molar-refractivity contribution in [2.24, 2.45) is 0 Å². The van der Waals surface area contributed by atoms with E-state index in [1.807, 2.05) is 24.3 Å². The van der Waals surface area contributed by atoms with E-state index in [1.54, 1.807) is 16.2 Å². The predicted molar refractivity (Wildman–Crippen MR) is 109 cm³/mol. The number of nitrogens with zero attached hydrogens (tertiary/aromatic N) is 2. The number of amides is 1. The molecule has 1 amide bonds. The minimum Gasteiger partial charge on any atom is -0.333 e. The van der Waals surface area contributed by atoms with Crippen molar-refractivity contribution in [1.82, 2.24) is 14.6 Å². The highest BCUT2D eigenvalue weighted by molar-refractivity contribution is 7.89. The number of carbonyl (C=O) groups is 1. The van der Waals surface area contributed by atoms with Crippen LogP contribution in [0.4, 0.5) is 8.78 Å². The average Bonchev–Trinajstić information content (AvgIpc) is 3.36. The van der Waals surface area contributed by atoms with E-state index in [2.05, 4.69) is 9.71 Å². The lowest BCUT2D eigenvalue weighted by atomic mass is 10.2. The number of benzene rings is 2. The monoisotopic (exact) mass is 451 g/mol. The molecule has 0 aliphatic carbocycles. The quantitative estimate of drug-likeness (QED) is 0.621. The standard InChI is InChI=1S/C20H19F2N3O3S2/c21-14-8-7-13(12-15(14)22)30(27,28)23-10-9-19(26)25-11-3-5-17(25)20-24-16-4-1-2-6-18(16)29-20/h1-2,4,6-8,12,17,23H,3,5,9-11H2/t17-/m1/s1. The van der Waals surface area contributed by atoms with Crippen LogP contribution < -0.4 is 4.72 Å². The van der Waals surface area contributed by atoms with Crippen LogP contribution in [-0.4, -0.2) is 37.3 Å². The first-order valence-corrected chi connectivity index (χ1v) is 11.7. The molecule has 0 bridgehead atoms. The van der Waals surface area contributed by atoms with Crippen molar-refractivity contribution < 1.29 is 22.0 Å². The fourth-order valence-corrected chi connectivity index (χ4v) is 5.68. The summed E-state index contributed by atoms with van der Waals surface area (Å²) < 4.78 is 54.2. The summed E-state index contributed by atoms with van der Waals surface area (Å²) in [6, 6.07) is 10.0. The van der Waals surface area contributed by atoms with Crippen LogP contribution in [0.2, 0.25) is 0 Å². The van der Waals surface area contributed by atoms with Crippen LogP contribution >= 0.6 is 11.3 Å². The third kappa shape index (κ3) is 4.21. The lowest BCUT2D eigenvalue weighted by molar-refractivity contribution is -0.131.